The maximum Gasteiger partial charge on any atom is 0.115 e. The van der Waals surface area contributed by atoms with Gasteiger partial charge in [-0.15, -0.1) is 0 Å². The number of hydrogen-bond acceptors (Lipinski definition) is 3. The molecule has 1 heterocycles. The van der Waals surface area contributed by atoms with Gasteiger partial charge in [0.1, 0.15) is 6.33 Å². The predicted molar refractivity (Wildman–Crippen MR) is 58.8 cm³/mol. The van der Waals surface area contributed by atoms with E-state index < -0.39 is 0 Å². The van der Waals surface area contributed by atoms with Crippen molar-refractivity contribution >= 4 is 6.08 Å². The van der Waals surface area contributed by atoms with E-state index in [1.807, 2.05) is 12.1 Å². The summed E-state index contributed by atoms with van der Waals surface area (Å²) in [6.07, 6.45) is 7.37. The van der Waals surface area contributed by atoms with Crippen LogP contribution in [0.15, 0.2) is 24.7 Å². The van der Waals surface area contributed by atoms with Crippen LogP contribution in [-0.4, -0.2) is 23.1 Å². The SMILES string of the molecule is CC(C)CNCC=Cc1ccncn1. The summed E-state index contributed by atoms with van der Waals surface area (Å²) < 4.78 is 0. The molecule has 0 bridgehead atoms. The molecule has 1 rings (SSSR count). The number of rotatable bonds is 5. The molecule has 0 saturated carbocycles. The van der Waals surface area contributed by atoms with Crippen LogP contribution in [0, 0.1) is 5.92 Å². The summed E-state index contributed by atoms with van der Waals surface area (Å²) in [5.74, 6) is 0.697. The topological polar surface area (TPSA) is 37.8 Å². The Morgan fingerprint density at radius 2 is 2.36 bits per heavy atom. The molecule has 0 saturated heterocycles. The highest BCUT2D eigenvalue weighted by atomic mass is 14.8. The van der Waals surface area contributed by atoms with Gasteiger partial charge in [-0.2, -0.15) is 0 Å². The average molecular weight is 191 g/mol. The van der Waals surface area contributed by atoms with Crippen molar-refractivity contribution < 1.29 is 0 Å². The number of nitrogens with zero attached hydrogens (tertiary/aromatic N) is 2. The summed E-state index contributed by atoms with van der Waals surface area (Å²) in [5, 5.41) is 3.32. The summed E-state index contributed by atoms with van der Waals surface area (Å²) in [7, 11) is 0. The van der Waals surface area contributed by atoms with Crippen molar-refractivity contribution in [3.05, 3.63) is 30.4 Å². The lowest BCUT2D eigenvalue weighted by Gasteiger charge is -2.03. The van der Waals surface area contributed by atoms with Gasteiger partial charge in [-0.25, -0.2) is 9.97 Å². The highest BCUT2D eigenvalue weighted by Gasteiger charge is 1.89. The van der Waals surface area contributed by atoms with E-state index in [2.05, 4.69) is 35.2 Å². The van der Waals surface area contributed by atoms with E-state index in [4.69, 9.17) is 0 Å². The molecule has 0 aliphatic rings. The van der Waals surface area contributed by atoms with E-state index in [-0.39, 0.29) is 0 Å². The van der Waals surface area contributed by atoms with Crippen LogP contribution >= 0.6 is 0 Å². The molecule has 1 N–H and O–H groups in total. The highest BCUT2D eigenvalue weighted by Crippen LogP contribution is 1.93. The summed E-state index contributed by atoms with van der Waals surface area (Å²) in [6, 6.07) is 1.89. The van der Waals surface area contributed by atoms with Crippen LogP contribution in [0.3, 0.4) is 0 Å². The Balaban J connectivity index is 2.21. The second-order valence-electron chi connectivity index (χ2n) is 3.59. The quantitative estimate of drug-likeness (QED) is 0.720. The monoisotopic (exact) mass is 191 g/mol. The second kappa shape index (κ2) is 6.27. The smallest absolute Gasteiger partial charge is 0.115 e. The standard InChI is InChI=1S/C11H17N3/c1-10(2)8-12-6-3-4-11-5-7-13-9-14-11/h3-5,7,9-10,12H,6,8H2,1-2H3. The Hall–Kier alpha value is -1.22. The molecule has 3 nitrogen and oxygen atoms in total. The Labute approximate surface area is 85.3 Å². The van der Waals surface area contributed by atoms with Crippen molar-refractivity contribution in [3.63, 3.8) is 0 Å². The van der Waals surface area contributed by atoms with Gasteiger partial charge in [0.25, 0.3) is 0 Å². The van der Waals surface area contributed by atoms with Crippen molar-refractivity contribution in [2.24, 2.45) is 5.92 Å². The second-order valence-corrected chi connectivity index (χ2v) is 3.59. The summed E-state index contributed by atoms with van der Waals surface area (Å²) in [6.45, 7) is 6.33. The Bertz CT molecular complexity index is 267. The van der Waals surface area contributed by atoms with Gasteiger partial charge in [0.05, 0.1) is 5.69 Å². The molecular formula is C11H17N3. The van der Waals surface area contributed by atoms with Gasteiger partial charge in [0.15, 0.2) is 0 Å². The lowest BCUT2D eigenvalue weighted by Crippen LogP contribution is -2.19. The molecule has 1 aromatic rings. The molecule has 76 valence electrons. The normalized spacial score (nSPS) is 11.4. The Morgan fingerprint density at radius 3 is 3.00 bits per heavy atom. The maximum absolute atomic E-state index is 4.09. The van der Waals surface area contributed by atoms with Crippen molar-refractivity contribution in [1.29, 1.82) is 0 Å². The Morgan fingerprint density at radius 1 is 1.50 bits per heavy atom. The third-order valence-electron chi connectivity index (χ3n) is 1.71. The van der Waals surface area contributed by atoms with Crippen LogP contribution in [0.25, 0.3) is 6.08 Å². The fraction of sp³-hybridized carbons (Fsp3) is 0.455. The highest BCUT2D eigenvalue weighted by molar-refractivity contribution is 5.43. The minimum absolute atomic E-state index is 0.697. The lowest BCUT2D eigenvalue weighted by atomic mass is 10.2. The van der Waals surface area contributed by atoms with Crippen LogP contribution in [0.4, 0.5) is 0 Å². The number of aromatic nitrogens is 2. The van der Waals surface area contributed by atoms with Crippen LogP contribution in [0.5, 0.6) is 0 Å². The van der Waals surface area contributed by atoms with Crippen molar-refractivity contribution in [2.75, 3.05) is 13.1 Å². The minimum atomic E-state index is 0.697. The number of nitrogens with one attached hydrogen (secondary N) is 1. The van der Waals surface area contributed by atoms with Crippen LogP contribution in [0.1, 0.15) is 19.5 Å². The third kappa shape index (κ3) is 4.72. The zero-order chi connectivity index (χ0) is 10.2. The fourth-order valence-electron chi connectivity index (χ4n) is 1.03. The van der Waals surface area contributed by atoms with Gasteiger partial charge in [-0.3, -0.25) is 0 Å². The molecule has 0 unspecified atom stereocenters. The molecule has 0 spiro atoms. The zero-order valence-corrected chi connectivity index (χ0v) is 8.77. The van der Waals surface area contributed by atoms with Gasteiger partial charge >= 0.3 is 0 Å². The Kier molecular flexibility index (Phi) is 4.86. The van der Waals surface area contributed by atoms with Crippen LogP contribution in [0.2, 0.25) is 0 Å². The molecule has 0 aliphatic heterocycles. The van der Waals surface area contributed by atoms with E-state index in [1.165, 1.54) is 0 Å². The molecule has 0 radical (unpaired) electrons. The molecule has 1 aromatic heterocycles. The van der Waals surface area contributed by atoms with E-state index >= 15 is 0 Å². The molecule has 3 heteroatoms. The first-order valence-electron chi connectivity index (χ1n) is 4.92. The fourth-order valence-corrected chi connectivity index (χ4v) is 1.03. The minimum Gasteiger partial charge on any atom is -0.313 e. The van der Waals surface area contributed by atoms with Crippen LogP contribution in [-0.2, 0) is 0 Å². The van der Waals surface area contributed by atoms with E-state index in [9.17, 15) is 0 Å². The molecule has 0 amide bonds. The summed E-state index contributed by atoms with van der Waals surface area (Å²) >= 11 is 0. The van der Waals surface area contributed by atoms with E-state index in [0.717, 1.165) is 18.8 Å². The first-order valence-corrected chi connectivity index (χ1v) is 4.92. The molecule has 0 fully saturated rings. The maximum atomic E-state index is 4.09. The van der Waals surface area contributed by atoms with Gasteiger partial charge in [0.2, 0.25) is 0 Å². The first-order chi connectivity index (χ1) is 6.79. The van der Waals surface area contributed by atoms with E-state index in [1.54, 1.807) is 12.5 Å². The largest absolute Gasteiger partial charge is 0.313 e. The number of hydrogen-bond donors (Lipinski definition) is 1. The lowest BCUT2D eigenvalue weighted by molar-refractivity contribution is 0.577. The average Bonchev–Trinajstić information content (AvgIpc) is 2.18. The van der Waals surface area contributed by atoms with Gasteiger partial charge in [-0.05, 0) is 24.6 Å². The van der Waals surface area contributed by atoms with Gasteiger partial charge in [0, 0.05) is 12.7 Å². The van der Waals surface area contributed by atoms with Crippen LogP contribution < -0.4 is 5.32 Å². The summed E-state index contributed by atoms with van der Waals surface area (Å²) in [4.78, 5) is 7.94. The zero-order valence-electron chi connectivity index (χ0n) is 8.77. The first kappa shape index (κ1) is 10.9. The van der Waals surface area contributed by atoms with Crippen molar-refractivity contribution in [2.45, 2.75) is 13.8 Å². The predicted octanol–water partition coefficient (Wildman–Crippen LogP) is 1.74. The van der Waals surface area contributed by atoms with Gasteiger partial charge < -0.3 is 5.32 Å². The van der Waals surface area contributed by atoms with E-state index in [0.29, 0.717) is 5.92 Å². The van der Waals surface area contributed by atoms with Crippen molar-refractivity contribution in [1.82, 2.24) is 15.3 Å². The molecule has 0 aromatic carbocycles. The molecular weight excluding hydrogens is 174 g/mol. The van der Waals surface area contributed by atoms with Gasteiger partial charge in [-0.1, -0.05) is 19.9 Å². The summed E-state index contributed by atoms with van der Waals surface area (Å²) in [5.41, 5.74) is 0.950. The molecule has 0 atom stereocenters. The molecule has 14 heavy (non-hydrogen) atoms. The third-order valence-corrected chi connectivity index (χ3v) is 1.71. The van der Waals surface area contributed by atoms with Crippen molar-refractivity contribution in [3.8, 4) is 0 Å². The molecule has 0 aliphatic carbocycles.